The Hall–Kier alpha value is -3.42. The zero-order valence-electron chi connectivity index (χ0n) is 14.8. The molecule has 0 spiro atoms. The van der Waals surface area contributed by atoms with E-state index in [2.05, 4.69) is 20.6 Å². The van der Waals surface area contributed by atoms with Crippen molar-refractivity contribution in [3.05, 3.63) is 83.8 Å². The number of aromatic amines is 1. The van der Waals surface area contributed by atoms with E-state index >= 15 is 0 Å². The van der Waals surface area contributed by atoms with Crippen molar-refractivity contribution in [2.75, 3.05) is 0 Å². The summed E-state index contributed by atoms with van der Waals surface area (Å²) in [6.45, 7) is 0. The first-order valence-corrected chi connectivity index (χ1v) is 9.41. The third-order valence-electron chi connectivity index (χ3n) is 4.15. The summed E-state index contributed by atoms with van der Waals surface area (Å²) >= 11 is 1.50. The van der Waals surface area contributed by atoms with Crippen molar-refractivity contribution in [3.8, 4) is 0 Å². The second-order valence-electron chi connectivity index (χ2n) is 5.98. The summed E-state index contributed by atoms with van der Waals surface area (Å²) in [5.74, 6) is 4.97. The quantitative estimate of drug-likeness (QED) is 0.274. The molecule has 0 aliphatic heterocycles. The maximum Gasteiger partial charge on any atom is 0.266 e. The van der Waals surface area contributed by atoms with Gasteiger partial charge < -0.3 is 0 Å². The highest BCUT2D eigenvalue weighted by Crippen LogP contribution is 2.32. The Balaban J connectivity index is 1.60. The number of benzene rings is 2. The number of nitrogens with one attached hydrogen (secondary N) is 2. The molecule has 0 atom stereocenters. The molecule has 0 radical (unpaired) electrons. The third kappa shape index (κ3) is 3.80. The van der Waals surface area contributed by atoms with E-state index in [1.807, 2.05) is 66.7 Å². The number of carbonyl (C=O) groups is 1. The van der Waals surface area contributed by atoms with Crippen LogP contribution in [-0.2, 0) is 0 Å². The average Bonchev–Trinajstić information content (AvgIpc) is 3.15. The highest BCUT2D eigenvalue weighted by atomic mass is 32.2. The number of hydrogen-bond acceptors (Lipinski definition) is 5. The summed E-state index contributed by atoms with van der Waals surface area (Å²) in [6, 6.07) is 19.2. The van der Waals surface area contributed by atoms with Crippen LogP contribution in [0.5, 0.6) is 0 Å². The number of rotatable bonds is 5. The number of carbonyl (C=O) groups excluding carboxylic acids is 1. The average molecular weight is 387 g/mol. The highest BCUT2D eigenvalue weighted by Gasteiger charge is 2.11. The minimum Gasteiger partial charge on any atom is -0.290 e. The summed E-state index contributed by atoms with van der Waals surface area (Å²) in [6.07, 6.45) is 5.63. The predicted molar refractivity (Wildman–Crippen MR) is 111 cm³/mol. The van der Waals surface area contributed by atoms with E-state index in [1.165, 1.54) is 11.8 Å². The van der Waals surface area contributed by atoms with Crippen LogP contribution in [0.4, 0.5) is 0 Å². The van der Waals surface area contributed by atoms with Gasteiger partial charge in [-0.2, -0.15) is 5.10 Å². The Morgan fingerprint density at radius 3 is 2.75 bits per heavy atom. The fourth-order valence-corrected chi connectivity index (χ4v) is 3.78. The number of hydrogen-bond donors (Lipinski definition) is 3. The van der Waals surface area contributed by atoms with E-state index in [1.54, 1.807) is 12.3 Å². The van der Waals surface area contributed by atoms with E-state index in [-0.39, 0.29) is 5.91 Å². The zero-order valence-corrected chi connectivity index (χ0v) is 15.6. The molecule has 7 heteroatoms. The summed E-state index contributed by atoms with van der Waals surface area (Å²) in [5, 5.41) is 8.47. The lowest BCUT2D eigenvalue weighted by Crippen LogP contribution is -2.30. The van der Waals surface area contributed by atoms with E-state index in [9.17, 15) is 4.79 Å². The van der Waals surface area contributed by atoms with Crippen LogP contribution in [0.15, 0.2) is 76.7 Å². The molecule has 2 aromatic heterocycles. The molecule has 4 rings (SSSR count). The molecule has 6 nitrogen and oxygen atoms in total. The Bertz CT molecular complexity index is 1150. The van der Waals surface area contributed by atoms with Gasteiger partial charge in [0, 0.05) is 21.4 Å². The predicted octanol–water partition coefficient (Wildman–Crippen LogP) is 3.88. The molecule has 4 aromatic rings. The van der Waals surface area contributed by atoms with E-state index in [0.29, 0.717) is 5.56 Å². The number of nitrogens with zero attached hydrogens (tertiary/aromatic N) is 2. The lowest BCUT2D eigenvalue weighted by Gasteiger charge is -2.07. The van der Waals surface area contributed by atoms with Gasteiger partial charge in [-0.3, -0.25) is 20.3 Å². The molecule has 0 saturated heterocycles. The van der Waals surface area contributed by atoms with Crippen LogP contribution in [0.2, 0.25) is 0 Å². The van der Waals surface area contributed by atoms with Crippen molar-refractivity contribution in [2.24, 2.45) is 5.84 Å². The van der Waals surface area contributed by atoms with Gasteiger partial charge in [-0.25, -0.2) is 5.84 Å². The third-order valence-corrected chi connectivity index (χ3v) is 5.22. The van der Waals surface area contributed by atoms with Gasteiger partial charge in [0.1, 0.15) is 0 Å². The summed E-state index contributed by atoms with van der Waals surface area (Å²) in [5.41, 5.74) is 5.37. The standard InChI is InChI=1S/C21H17N5OS/c22-24-21(27)17-6-1-2-7-20(17)28-15-9-10-16-18(25-26-19(16)13-15)11-8-14-5-3-4-12-23-14/h1-13H,22H2,(H,24,27)(H,25,26). The van der Waals surface area contributed by atoms with Gasteiger partial charge in [0.05, 0.1) is 22.5 Å². The van der Waals surface area contributed by atoms with Crippen molar-refractivity contribution in [2.45, 2.75) is 9.79 Å². The first kappa shape index (κ1) is 18.0. The van der Waals surface area contributed by atoms with Gasteiger partial charge in [-0.1, -0.05) is 30.0 Å². The van der Waals surface area contributed by atoms with Crippen LogP contribution in [0.25, 0.3) is 23.1 Å². The first-order chi connectivity index (χ1) is 13.7. The molecule has 28 heavy (non-hydrogen) atoms. The molecule has 0 unspecified atom stereocenters. The number of hydrazine groups is 1. The molecule has 0 bridgehead atoms. The number of pyridine rings is 1. The lowest BCUT2D eigenvalue weighted by molar-refractivity contribution is 0.0950. The number of H-pyrrole nitrogens is 1. The Labute approximate surface area is 165 Å². The van der Waals surface area contributed by atoms with Crippen LogP contribution in [-0.4, -0.2) is 21.1 Å². The summed E-state index contributed by atoms with van der Waals surface area (Å²) < 4.78 is 0. The molecule has 138 valence electrons. The SMILES string of the molecule is NNC(=O)c1ccccc1Sc1ccc2c(C=Cc3ccccn3)n[nH]c2c1. The number of nitrogen functional groups attached to an aromatic ring is 1. The summed E-state index contributed by atoms with van der Waals surface area (Å²) in [4.78, 5) is 18.1. The number of fused-ring (bicyclic) bond motifs is 1. The molecular formula is C21H17N5OS. The minimum absolute atomic E-state index is 0.312. The Morgan fingerprint density at radius 2 is 1.93 bits per heavy atom. The Kier molecular flexibility index (Phi) is 5.18. The number of aromatic nitrogens is 3. The van der Waals surface area contributed by atoms with Gasteiger partial charge in [-0.15, -0.1) is 0 Å². The van der Waals surface area contributed by atoms with Crippen molar-refractivity contribution >= 4 is 40.7 Å². The topological polar surface area (TPSA) is 96.7 Å². The second-order valence-corrected chi connectivity index (χ2v) is 7.09. The number of amides is 1. The fourth-order valence-electron chi connectivity index (χ4n) is 2.80. The smallest absolute Gasteiger partial charge is 0.266 e. The molecule has 2 heterocycles. The zero-order chi connectivity index (χ0) is 19.3. The van der Waals surface area contributed by atoms with Crippen molar-refractivity contribution in [1.82, 2.24) is 20.6 Å². The maximum atomic E-state index is 12.0. The van der Waals surface area contributed by atoms with Crippen molar-refractivity contribution in [1.29, 1.82) is 0 Å². The molecule has 4 N–H and O–H groups in total. The Morgan fingerprint density at radius 1 is 1.07 bits per heavy atom. The van der Waals surface area contributed by atoms with E-state index < -0.39 is 0 Å². The van der Waals surface area contributed by atoms with Gasteiger partial charge in [-0.05, 0) is 54.6 Å². The largest absolute Gasteiger partial charge is 0.290 e. The van der Waals surface area contributed by atoms with Gasteiger partial charge in [0.15, 0.2) is 0 Å². The van der Waals surface area contributed by atoms with Crippen LogP contribution < -0.4 is 11.3 Å². The normalized spacial score (nSPS) is 11.2. The number of nitrogens with two attached hydrogens (primary N) is 1. The van der Waals surface area contributed by atoms with Crippen LogP contribution >= 0.6 is 11.8 Å². The second kappa shape index (κ2) is 8.08. The van der Waals surface area contributed by atoms with E-state index in [4.69, 9.17) is 5.84 Å². The van der Waals surface area contributed by atoms with Crippen LogP contribution in [0.1, 0.15) is 21.7 Å². The van der Waals surface area contributed by atoms with Gasteiger partial charge >= 0.3 is 0 Å². The molecule has 0 saturated carbocycles. The van der Waals surface area contributed by atoms with E-state index in [0.717, 1.165) is 32.1 Å². The monoisotopic (exact) mass is 387 g/mol. The maximum absolute atomic E-state index is 12.0. The molecular weight excluding hydrogens is 370 g/mol. The molecule has 0 fully saturated rings. The molecule has 0 aliphatic carbocycles. The van der Waals surface area contributed by atoms with Crippen LogP contribution in [0.3, 0.4) is 0 Å². The van der Waals surface area contributed by atoms with Gasteiger partial charge in [0.2, 0.25) is 0 Å². The molecule has 2 aromatic carbocycles. The van der Waals surface area contributed by atoms with Crippen LogP contribution in [0, 0.1) is 0 Å². The fraction of sp³-hybridized carbons (Fsp3) is 0. The first-order valence-electron chi connectivity index (χ1n) is 8.59. The van der Waals surface area contributed by atoms with Gasteiger partial charge in [0.25, 0.3) is 5.91 Å². The summed E-state index contributed by atoms with van der Waals surface area (Å²) in [7, 11) is 0. The molecule has 1 amide bonds. The van der Waals surface area contributed by atoms with Crippen molar-refractivity contribution < 1.29 is 4.79 Å². The molecule has 0 aliphatic rings. The minimum atomic E-state index is -0.312. The van der Waals surface area contributed by atoms with Crippen molar-refractivity contribution in [3.63, 3.8) is 0 Å². The lowest BCUT2D eigenvalue weighted by atomic mass is 10.2. The highest BCUT2D eigenvalue weighted by molar-refractivity contribution is 7.99.